The summed E-state index contributed by atoms with van der Waals surface area (Å²) in [6, 6.07) is 6.39. The van der Waals surface area contributed by atoms with Gasteiger partial charge in [-0.2, -0.15) is 0 Å². The maximum atomic E-state index is 13.1. The highest BCUT2D eigenvalue weighted by Crippen LogP contribution is 2.23. The number of aromatic nitrogens is 1. The third kappa shape index (κ3) is 3.29. The van der Waals surface area contributed by atoms with E-state index in [0.717, 1.165) is 5.56 Å². The zero-order valence-corrected chi connectivity index (χ0v) is 11.4. The summed E-state index contributed by atoms with van der Waals surface area (Å²) in [6.45, 7) is 0.520. The quantitative estimate of drug-likeness (QED) is 0.808. The van der Waals surface area contributed by atoms with Gasteiger partial charge in [-0.3, -0.25) is 0 Å². The average Bonchev–Trinajstić information content (AvgIpc) is 2.87. The zero-order valence-electron chi connectivity index (χ0n) is 10.6. The van der Waals surface area contributed by atoms with Crippen LogP contribution in [0.2, 0.25) is 0 Å². The Balaban J connectivity index is 2.09. The molecule has 0 N–H and O–H groups in total. The molecule has 0 unspecified atom stereocenters. The van der Waals surface area contributed by atoms with Crippen molar-refractivity contribution in [3.8, 4) is 0 Å². The molecule has 1 aromatic heterocycles. The van der Waals surface area contributed by atoms with Crippen LogP contribution in [0, 0.1) is 5.82 Å². The van der Waals surface area contributed by atoms with E-state index in [2.05, 4.69) is 9.72 Å². The zero-order chi connectivity index (χ0) is 13.8. The average molecular weight is 280 g/mol. The molecule has 0 saturated carbocycles. The third-order valence-corrected chi connectivity index (χ3v) is 3.61. The second-order valence-electron chi connectivity index (χ2n) is 3.98. The number of hydrogen-bond donors (Lipinski definition) is 0. The summed E-state index contributed by atoms with van der Waals surface area (Å²) < 4.78 is 17.7. The number of ether oxygens (including phenoxy) is 1. The van der Waals surface area contributed by atoms with E-state index >= 15 is 0 Å². The first-order valence-electron chi connectivity index (χ1n) is 5.60. The number of esters is 1. The smallest absolute Gasteiger partial charge is 0.349 e. The first-order valence-corrected chi connectivity index (χ1v) is 6.41. The maximum Gasteiger partial charge on any atom is 0.349 e. The monoisotopic (exact) mass is 280 g/mol. The van der Waals surface area contributed by atoms with Crippen LogP contribution in [0.25, 0.3) is 0 Å². The number of benzene rings is 1. The number of thiazole rings is 1. The van der Waals surface area contributed by atoms with E-state index in [0.29, 0.717) is 16.6 Å². The predicted molar refractivity (Wildman–Crippen MR) is 72.0 cm³/mol. The Morgan fingerprint density at radius 2 is 2.32 bits per heavy atom. The van der Waals surface area contributed by atoms with Crippen molar-refractivity contribution in [1.82, 2.24) is 4.98 Å². The van der Waals surface area contributed by atoms with Crippen LogP contribution in [0.15, 0.2) is 30.5 Å². The van der Waals surface area contributed by atoms with Gasteiger partial charge < -0.3 is 9.64 Å². The topological polar surface area (TPSA) is 42.4 Å². The minimum absolute atomic E-state index is 0.264. The van der Waals surface area contributed by atoms with Crippen LogP contribution >= 0.6 is 11.3 Å². The molecule has 0 aliphatic rings. The van der Waals surface area contributed by atoms with Gasteiger partial charge in [-0.05, 0) is 17.7 Å². The van der Waals surface area contributed by atoms with E-state index in [9.17, 15) is 9.18 Å². The fraction of sp³-hybridized carbons (Fsp3) is 0.231. The van der Waals surface area contributed by atoms with Crippen molar-refractivity contribution >= 4 is 22.4 Å². The highest BCUT2D eigenvalue weighted by Gasteiger charge is 2.13. The minimum Gasteiger partial charge on any atom is -0.465 e. The number of rotatable bonds is 4. The first kappa shape index (κ1) is 13.5. The fourth-order valence-corrected chi connectivity index (χ4v) is 2.41. The van der Waals surface area contributed by atoms with Crippen molar-refractivity contribution in [2.24, 2.45) is 0 Å². The van der Waals surface area contributed by atoms with E-state index in [1.165, 1.54) is 36.8 Å². The molecule has 2 rings (SSSR count). The van der Waals surface area contributed by atoms with Gasteiger partial charge in [0.05, 0.1) is 13.3 Å². The summed E-state index contributed by atoms with van der Waals surface area (Å²) >= 11 is 1.24. The Kier molecular flexibility index (Phi) is 4.11. The van der Waals surface area contributed by atoms with Gasteiger partial charge in [-0.25, -0.2) is 14.2 Å². The van der Waals surface area contributed by atoms with Gasteiger partial charge in [-0.15, -0.1) is 0 Å². The van der Waals surface area contributed by atoms with Gasteiger partial charge >= 0.3 is 5.97 Å². The van der Waals surface area contributed by atoms with Crippen LogP contribution in [0.3, 0.4) is 0 Å². The van der Waals surface area contributed by atoms with Crippen molar-refractivity contribution in [3.63, 3.8) is 0 Å². The van der Waals surface area contributed by atoms with Crippen molar-refractivity contribution in [2.75, 3.05) is 19.1 Å². The Bertz CT molecular complexity index is 586. The molecule has 0 aliphatic carbocycles. The van der Waals surface area contributed by atoms with E-state index in [1.54, 1.807) is 6.07 Å². The Morgan fingerprint density at radius 1 is 1.53 bits per heavy atom. The Hall–Kier alpha value is -1.95. The minimum atomic E-state index is -0.400. The van der Waals surface area contributed by atoms with Crippen LogP contribution in [0.4, 0.5) is 9.52 Å². The predicted octanol–water partition coefficient (Wildman–Crippen LogP) is 2.71. The van der Waals surface area contributed by atoms with Crippen molar-refractivity contribution in [1.29, 1.82) is 0 Å². The molecule has 0 atom stereocenters. The molecule has 100 valence electrons. The number of hydrogen-bond acceptors (Lipinski definition) is 5. The van der Waals surface area contributed by atoms with E-state index < -0.39 is 5.97 Å². The largest absolute Gasteiger partial charge is 0.465 e. The molecule has 0 saturated heterocycles. The van der Waals surface area contributed by atoms with Gasteiger partial charge in [0.15, 0.2) is 5.13 Å². The summed E-state index contributed by atoms with van der Waals surface area (Å²) in [5, 5.41) is 0.685. The summed E-state index contributed by atoms with van der Waals surface area (Å²) in [5.74, 6) is -0.664. The number of methoxy groups -OCH3 is 1. The summed E-state index contributed by atoms with van der Waals surface area (Å²) in [7, 11) is 3.17. The fourth-order valence-electron chi connectivity index (χ4n) is 1.61. The molecule has 4 nitrogen and oxygen atoms in total. The van der Waals surface area contributed by atoms with Gasteiger partial charge in [-0.1, -0.05) is 23.5 Å². The van der Waals surface area contributed by atoms with Crippen LogP contribution in [-0.2, 0) is 11.3 Å². The normalized spacial score (nSPS) is 10.3. The number of anilines is 1. The highest BCUT2D eigenvalue weighted by molar-refractivity contribution is 7.17. The van der Waals surface area contributed by atoms with Crippen molar-refractivity contribution in [2.45, 2.75) is 6.54 Å². The summed E-state index contributed by atoms with van der Waals surface area (Å²) in [4.78, 5) is 17.8. The number of carbonyl (C=O) groups excluding carboxylic acids is 1. The molecule has 1 heterocycles. The van der Waals surface area contributed by atoms with E-state index in [1.807, 2.05) is 18.0 Å². The molecule has 0 spiro atoms. The molecule has 0 aliphatic heterocycles. The molecule has 0 fully saturated rings. The lowest BCUT2D eigenvalue weighted by Gasteiger charge is -2.15. The number of halogens is 1. The van der Waals surface area contributed by atoms with Gasteiger partial charge in [0, 0.05) is 13.6 Å². The molecule has 0 bridgehead atoms. The van der Waals surface area contributed by atoms with Crippen molar-refractivity contribution in [3.05, 3.63) is 46.7 Å². The lowest BCUT2D eigenvalue weighted by Crippen LogP contribution is -2.15. The molecule has 1 aromatic carbocycles. The van der Waals surface area contributed by atoms with Crippen LogP contribution < -0.4 is 4.90 Å². The third-order valence-electron chi connectivity index (χ3n) is 2.52. The molecule has 6 heteroatoms. The van der Waals surface area contributed by atoms with Crippen LogP contribution in [0.5, 0.6) is 0 Å². The SMILES string of the molecule is COC(=O)c1cnc(N(C)Cc2cccc(F)c2)s1. The Morgan fingerprint density at radius 3 is 3.00 bits per heavy atom. The first-order chi connectivity index (χ1) is 9.10. The molecular weight excluding hydrogens is 267 g/mol. The van der Waals surface area contributed by atoms with Crippen molar-refractivity contribution < 1.29 is 13.9 Å². The molecule has 0 amide bonds. The van der Waals surface area contributed by atoms with E-state index in [-0.39, 0.29) is 5.82 Å². The lowest BCUT2D eigenvalue weighted by molar-refractivity contribution is 0.0606. The lowest BCUT2D eigenvalue weighted by atomic mass is 10.2. The van der Waals surface area contributed by atoms with Gasteiger partial charge in [0.25, 0.3) is 0 Å². The molecule has 2 aromatic rings. The molecule has 19 heavy (non-hydrogen) atoms. The Labute approximate surface area is 114 Å². The molecule has 0 radical (unpaired) electrons. The summed E-state index contributed by atoms with van der Waals surface area (Å²) in [6.07, 6.45) is 1.48. The standard InChI is InChI=1S/C13H13FN2O2S/c1-16(8-9-4-3-5-10(14)6-9)13-15-7-11(19-13)12(17)18-2/h3-7H,8H2,1-2H3. The second kappa shape index (κ2) is 5.79. The maximum absolute atomic E-state index is 13.1. The van der Waals surface area contributed by atoms with E-state index in [4.69, 9.17) is 0 Å². The van der Waals surface area contributed by atoms with Crippen LogP contribution in [-0.4, -0.2) is 25.1 Å². The number of nitrogens with zero attached hydrogens (tertiary/aromatic N) is 2. The molecular formula is C13H13FN2O2S. The van der Waals surface area contributed by atoms with Gasteiger partial charge in [0.2, 0.25) is 0 Å². The number of carbonyl (C=O) groups is 1. The van der Waals surface area contributed by atoms with Gasteiger partial charge in [0.1, 0.15) is 10.7 Å². The summed E-state index contributed by atoms with van der Waals surface area (Å²) in [5.41, 5.74) is 0.845. The highest BCUT2D eigenvalue weighted by atomic mass is 32.1. The second-order valence-corrected chi connectivity index (χ2v) is 4.99. The van der Waals surface area contributed by atoms with Crippen LogP contribution in [0.1, 0.15) is 15.2 Å².